The summed E-state index contributed by atoms with van der Waals surface area (Å²) >= 11 is 0. The third-order valence-electron chi connectivity index (χ3n) is 7.94. The number of nitrogens with zero attached hydrogens (tertiary/aromatic N) is 5. The van der Waals surface area contributed by atoms with Crippen LogP contribution in [0.5, 0.6) is 0 Å². The molecule has 2 aliphatic heterocycles. The van der Waals surface area contributed by atoms with Crippen molar-refractivity contribution in [2.24, 2.45) is 5.92 Å². The number of aromatic nitrogens is 4. The van der Waals surface area contributed by atoms with Gasteiger partial charge in [0, 0.05) is 55.9 Å². The summed E-state index contributed by atoms with van der Waals surface area (Å²) in [6.45, 7) is 8.33. The van der Waals surface area contributed by atoms with Crippen molar-refractivity contribution in [3.05, 3.63) is 73.3 Å². The highest BCUT2D eigenvalue weighted by Crippen LogP contribution is 2.30. The van der Waals surface area contributed by atoms with Crippen molar-refractivity contribution in [2.75, 3.05) is 54.5 Å². The Bertz CT molecular complexity index is 1580. The van der Waals surface area contributed by atoms with E-state index in [1.807, 2.05) is 36.4 Å². The van der Waals surface area contributed by atoms with Gasteiger partial charge < -0.3 is 24.8 Å². The molecule has 10 nitrogen and oxygen atoms in total. The second kappa shape index (κ2) is 12.5. The molecule has 2 N–H and O–H groups in total. The number of morpholine rings is 1. The Morgan fingerprint density at radius 2 is 1.88 bits per heavy atom. The molecule has 1 amide bonds. The molecular weight excluding hydrogens is 530 g/mol. The van der Waals surface area contributed by atoms with E-state index in [9.17, 15) is 9.59 Å². The van der Waals surface area contributed by atoms with Crippen LogP contribution in [-0.2, 0) is 20.7 Å². The van der Waals surface area contributed by atoms with Gasteiger partial charge in [-0.2, -0.15) is 0 Å². The molecular formula is C32H35N7O3. The Balaban J connectivity index is 1.08. The van der Waals surface area contributed by atoms with Crippen LogP contribution >= 0.6 is 0 Å². The first-order valence-electron chi connectivity index (χ1n) is 14.5. The van der Waals surface area contributed by atoms with Crippen LogP contribution in [0.25, 0.3) is 22.3 Å². The average molecular weight is 566 g/mol. The SMILES string of the molecule is C=CC(=O)CC1CCCN(c2ccnc(CC(=O)Nc3ccc(-c4cc5c(N6CCOCC6)ncnc5[nH]4)cc3)c2)C1. The second-order valence-corrected chi connectivity index (χ2v) is 10.9. The number of amides is 1. The molecule has 2 fully saturated rings. The van der Waals surface area contributed by atoms with Crippen molar-refractivity contribution in [2.45, 2.75) is 25.7 Å². The minimum absolute atomic E-state index is 0.0931. The summed E-state index contributed by atoms with van der Waals surface area (Å²) in [5, 5.41) is 3.97. The number of pyridine rings is 1. The maximum atomic E-state index is 12.9. The summed E-state index contributed by atoms with van der Waals surface area (Å²) in [5.74, 6) is 1.19. The molecule has 5 heterocycles. The van der Waals surface area contributed by atoms with Crippen molar-refractivity contribution < 1.29 is 14.3 Å². The van der Waals surface area contributed by atoms with Gasteiger partial charge in [-0.1, -0.05) is 18.7 Å². The predicted molar refractivity (Wildman–Crippen MR) is 164 cm³/mol. The highest BCUT2D eigenvalue weighted by atomic mass is 16.5. The minimum atomic E-state index is -0.128. The molecule has 2 saturated heterocycles. The Labute approximate surface area is 244 Å². The summed E-state index contributed by atoms with van der Waals surface area (Å²) in [6, 6.07) is 13.8. The number of hydrogen-bond donors (Lipinski definition) is 2. The van der Waals surface area contributed by atoms with Crippen LogP contribution in [0.15, 0.2) is 67.6 Å². The summed E-state index contributed by atoms with van der Waals surface area (Å²) in [5.41, 5.74) is 5.18. The third-order valence-corrected chi connectivity index (χ3v) is 7.94. The summed E-state index contributed by atoms with van der Waals surface area (Å²) in [6.07, 6.45) is 7.53. The fraction of sp³-hybridized carbons (Fsp3) is 0.344. The van der Waals surface area contributed by atoms with Gasteiger partial charge in [0.15, 0.2) is 5.78 Å². The molecule has 2 aliphatic rings. The molecule has 10 heteroatoms. The van der Waals surface area contributed by atoms with Crippen molar-refractivity contribution in [1.29, 1.82) is 0 Å². The highest BCUT2D eigenvalue weighted by Gasteiger charge is 2.22. The number of benzene rings is 1. The van der Waals surface area contributed by atoms with Crippen LogP contribution in [-0.4, -0.2) is 71.0 Å². The number of anilines is 3. The standard InChI is InChI=1S/C32H35N7O3/c1-2-27(40)16-22-4-3-11-39(20-22)26-9-10-33-25(17-26)18-30(41)36-24-7-5-23(6-8-24)29-19-28-31(37-29)34-21-35-32(28)38-12-14-42-15-13-38/h2,5-10,17,19,21-22H,1,3-4,11-16,18,20H2,(H,36,41)(H,34,35,37). The number of nitrogens with one attached hydrogen (secondary N) is 2. The molecule has 0 radical (unpaired) electrons. The highest BCUT2D eigenvalue weighted by molar-refractivity contribution is 5.94. The topological polar surface area (TPSA) is 116 Å². The molecule has 1 atom stereocenters. The first kappa shape index (κ1) is 27.6. The van der Waals surface area contributed by atoms with E-state index < -0.39 is 0 Å². The van der Waals surface area contributed by atoms with E-state index in [0.29, 0.717) is 31.2 Å². The zero-order chi connectivity index (χ0) is 28.9. The molecule has 0 spiro atoms. The van der Waals surface area contributed by atoms with E-state index in [1.54, 1.807) is 12.5 Å². The normalized spacial score (nSPS) is 17.3. The van der Waals surface area contributed by atoms with Crippen LogP contribution in [0, 0.1) is 5.92 Å². The first-order chi connectivity index (χ1) is 20.6. The molecule has 1 unspecified atom stereocenters. The van der Waals surface area contributed by atoms with Crippen LogP contribution in [0.2, 0.25) is 0 Å². The summed E-state index contributed by atoms with van der Waals surface area (Å²) in [4.78, 5) is 46.0. The maximum Gasteiger partial charge on any atom is 0.230 e. The molecule has 4 aromatic rings. The van der Waals surface area contributed by atoms with Crippen molar-refractivity contribution in [3.63, 3.8) is 0 Å². The lowest BCUT2D eigenvalue weighted by atomic mass is 9.92. The van der Waals surface area contributed by atoms with E-state index in [-0.39, 0.29) is 18.1 Å². The molecule has 6 rings (SSSR count). The number of carbonyl (C=O) groups excluding carboxylic acids is 2. The Hall–Kier alpha value is -4.57. The fourth-order valence-corrected chi connectivity index (χ4v) is 5.81. The minimum Gasteiger partial charge on any atom is -0.378 e. The lowest BCUT2D eigenvalue weighted by Gasteiger charge is -2.34. The lowest BCUT2D eigenvalue weighted by Crippen LogP contribution is -2.36. The lowest BCUT2D eigenvalue weighted by molar-refractivity contribution is -0.116. The predicted octanol–water partition coefficient (Wildman–Crippen LogP) is 4.40. The summed E-state index contributed by atoms with van der Waals surface area (Å²) < 4.78 is 5.49. The number of allylic oxidation sites excluding steroid dienone is 1. The van der Waals surface area contributed by atoms with E-state index in [1.165, 1.54) is 6.08 Å². The number of ketones is 1. The van der Waals surface area contributed by atoms with Gasteiger partial charge in [-0.25, -0.2) is 9.97 Å². The van der Waals surface area contributed by atoms with E-state index in [0.717, 1.165) is 78.5 Å². The van der Waals surface area contributed by atoms with Gasteiger partial charge in [-0.3, -0.25) is 14.6 Å². The van der Waals surface area contributed by atoms with Crippen LogP contribution in [0.4, 0.5) is 17.2 Å². The summed E-state index contributed by atoms with van der Waals surface area (Å²) in [7, 11) is 0. The molecule has 0 aliphatic carbocycles. The average Bonchev–Trinajstić information content (AvgIpc) is 3.47. The zero-order valence-corrected chi connectivity index (χ0v) is 23.6. The monoisotopic (exact) mass is 565 g/mol. The number of H-pyrrole nitrogens is 1. The Morgan fingerprint density at radius 3 is 2.69 bits per heavy atom. The zero-order valence-electron chi connectivity index (χ0n) is 23.6. The van der Waals surface area contributed by atoms with Gasteiger partial charge in [-0.15, -0.1) is 0 Å². The molecule has 42 heavy (non-hydrogen) atoms. The largest absolute Gasteiger partial charge is 0.378 e. The van der Waals surface area contributed by atoms with E-state index in [2.05, 4.69) is 47.7 Å². The van der Waals surface area contributed by atoms with Gasteiger partial charge in [0.1, 0.15) is 17.8 Å². The van der Waals surface area contributed by atoms with E-state index >= 15 is 0 Å². The van der Waals surface area contributed by atoms with Crippen molar-refractivity contribution in [1.82, 2.24) is 19.9 Å². The van der Waals surface area contributed by atoms with Gasteiger partial charge in [0.25, 0.3) is 0 Å². The molecule has 3 aromatic heterocycles. The van der Waals surface area contributed by atoms with Crippen LogP contribution in [0.3, 0.4) is 0 Å². The molecule has 1 aromatic carbocycles. The maximum absolute atomic E-state index is 12.9. The second-order valence-electron chi connectivity index (χ2n) is 10.9. The van der Waals surface area contributed by atoms with E-state index in [4.69, 9.17) is 4.74 Å². The number of rotatable bonds is 9. The molecule has 0 saturated carbocycles. The fourth-order valence-electron chi connectivity index (χ4n) is 5.81. The third kappa shape index (κ3) is 6.33. The molecule has 0 bridgehead atoms. The quantitative estimate of drug-likeness (QED) is 0.287. The number of piperidine rings is 1. The van der Waals surface area contributed by atoms with Gasteiger partial charge >= 0.3 is 0 Å². The van der Waals surface area contributed by atoms with Gasteiger partial charge in [0.05, 0.1) is 30.7 Å². The smallest absolute Gasteiger partial charge is 0.230 e. The number of fused-ring (bicyclic) bond motifs is 1. The van der Waals surface area contributed by atoms with Crippen LogP contribution in [0.1, 0.15) is 25.0 Å². The van der Waals surface area contributed by atoms with Crippen LogP contribution < -0.4 is 15.1 Å². The van der Waals surface area contributed by atoms with Gasteiger partial charge in [0.2, 0.25) is 5.91 Å². The Kier molecular flexibility index (Phi) is 8.23. The Morgan fingerprint density at radius 1 is 1.05 bits per heavy atom. The van der Waals surface area contributed by atoms with Crippen molar-refractivity contribution >= 4 is 39.9 Å². The van der Waals surface area contributed by atoms with Crippen molar-refractivity contribution in [3.8, 4) is 11.3 Å². The number of aromatic amines is 1. The first-order valence-corrected chi connectivity index (χ1v) is 14.5. The number of ether oxygens (including phenoxy) is 1. The number of hydrogen-bond acceptors (Lipinski definition) is 8. The number of carbonyl (C=O) groups is 2. The molecule has 216 valence electrons. The van der Waals surface area contributed by atoms with Gasteiger partial charge in [-0.05, 0) is 60.7 Å².